The summed E-state index contributed by atoms with van der Waals surface area (Å²) >= 11 is 5.88. The quantitative estimate of drug-likeness (QED) is 0.464. The Morgan fingerprint density at radius 1 is 1.12 bits per heavy atom. The van der Waals surface area contributed by atoms with Crippen LogP contribution >= 0.6 is 11.6 Å². The third kappa shape index (κ3) is 6.26. The number of hydrogen-bond donors (Lipinski definition) is 3. The molecule has 3 aromatic rings. The van der Waals surface area contributed by atoms with Crippen LogP contribution in [0.25, 0.3) is 5.69 Å². The Morgan fingerprint density at radius 2 is 1.82 bits per heavy atom. The van der Waals surface area contributed by atoms with E-state index >= 15 is 0 Å². The van der Waals surface area contributed by atoms with Crippen molar-refractivity contribution in [3.8, 4) is 5.69 Å². The standard InChI is InChI=1S/C22H21ClF3N5O2/c1-13(2)29-21(33)30-16-8-6-14(7-9-16)11-27-20(32)18-12-28-31(19(18)22(24,25)26)17-5-3-4-15(23)10-17/h3-10,12-13H,11H2,1-2H3,(H,27,32)(H2,29,30,33). The normalized spacial score (nSPS) is 11.4. The Bertz CT molecular complexity index is 1140. The van der Waals surface area contributed by atoms with Crippen LogP contribution in [0.15, 0.2) is 54.7 Å². The number of aromatic nitrogens is 2. The molecular weight excluding hydrogens is 459 g/mol. The maximum atomic E-state index is 13.8. The molecule has 7 nitrogen and oxygen atoms in total. The highest BCUT2D eigenvalue weighted by molar-refractivity contribution is 6.30. The van der Waals surface area contributed by atoms with Gasteiger partial charge in [0.2, 0.25) is 0 Å². The Hall–Kier alpha value is -3.53. The van der Waals surface area contributed by atoms with E-state index in [9.17, 15) is 22.8 Å². The molecule has 0 aliphatic rings. The number of nitrogens with zero attached hydrogens (tertiary/aromatic N) is 2. The lowest BCUT2D eigenvalue weighted by atomic mass is 10.2. The summed E-state index contributed by atoms with van der Waals surface area (Å²) in [7, 11) is 0. The third-order valence-corrected chi connectivity index (χ3v) is 4.65. The summed E-state index contributed by atoms with van der Waals surface area (Å²) in [5, 5.41) is 11.8. The van der Waals surface area contributed by atoms with Gasteiger partial charge in [-0.05, 0) is 49.7 Å². The number of nitrogens with one attached hydrogen (secondary N) is 3. The van der Waals surface area contributed by atoms with Crippen molar-refractivity contribution >= 4 is 29.2 Å². The van der Waals surface area contributed by atoms with Crippen molar-refractivity contribution < 1.29 is 22.8 Å². The van der Waals surface area contributed by atoms with E-state index in [0.29, 0.717) is 15.9 Å². The van der Waals surface area contributed by atoms with Crippen molar-refractivity contribution in [2.45, 2.75) is 32.6 Å². The van der Waals surface area contributed by atoms with E-state index in [2.05, 4.69) is 21.0 Å². The molecule has 0 bridgehead atoms. The molecule has 3 rings (SSSR count). The second-order valence-electron chi connectivity index (χ2n) is 7.43. The number of anilines is 1. The van der Waals surface area contributed by atoms with Crippen molar-refractivity contribution in [2.75, 3.05) is 5.32 Å². The molecule has 0 fully saturated rings. The van der Waals surface area contributed by atoms with Crippen molar-refractivity contribution in [1.82, 2.24) is 20.4 Å². The zero-order valence-corrected chi connectivity index (χ0v) is 18.5. The van der Waals surface area contributed by atoms with E-state index in [0.717, 1.165) is 6.20 Å². The van der Waals surface area contributed by atoms with Gasteiger partial charge in [0.25, 0.3) is 5.91 Å². The molecule has 33 heavy (non-hydrogen) atoms. The number of alkyl halides is 3. The first-order chi connectivity index (χ1) is 15.5. The maximum Gasteiger partial charge on any atom is 0.434 e. The number of hydrogen-bond acceptors (Lipinski definition) is 3. The molecule has 1 aromatic heterocycles. The van der Waals surface area contributed by atoms with Crippen LogP contribution in [0.4, 0.5) is 23.7 Å². The molecule has 0 unspecified atom stereocenters. The summed E-state index contributed by atoms with van der Waals surface area (Å²) in [5.74, 6) is -0.922. The molecule has 0 aliphatic heterocycles. The predicted octanol–water partition coefficient (Wildman–Crippen LogP) is 5.00. The van der Waals surface area contributed by atoms with E-state index in [1.54, 1.807) is 24.3 Å². The second-order valence-corrected chi connectivity index (χ2v) is 7.87. The van der Waals surface area contributed by atoms with Crippen molar-refractivity contribution in [1.29, 1.82) is 0 Å². The molecule has 2 aromatic carbocycles. The van der Waals surface area contributed by atoms with E-state index in [1.165, 1.54) is 24.3 Å². The molecule has 174 valence electrons. The van der Waals surface area contributed by atoms with E-state index in [4.69, 9.17) is 11.6 Å². The molecule has 3 amide bonds. The van der Waals surface area contributed by atoms with E-state index < -0.39 is 23.3 Å². The van der Waals surface area contributed by atoms with Crippen molar-refractivity contribution in [3.63, 3.8) is 0 Å². The van der Waals surface area contributed by atoms with Crippen LogP contribution in [-0.4, -0.2) is 27.8 Å². The molecule has 0 saturated heterocycles. The van der Waals surface area contributed by atoms with Gasteiger partial charge in [-0.2, -0.15) is 18.3 Å². The first-order valence-electron chi connectivity index (χ1n) is 9.90. The summed E-state index contributed by atoms with van der Waals surface area (Å²) in [4.78, 5) is 24.3. The highest BCUT2D eigenvalue weighted by Gasteiger charge is 2.40. The molecule has 0 saturated carbocycles. The summed E-state index contributed by atoms with van der Waals surface area (Å²) in [6.07, 6.45) is -3.95. The van der Waals surface area contributed by atoms with Gasteiger partial charge in [-0.15, -0.1) is 0 Å². The number of amides is 3. The fourth-order valence-corrected chi connectivity index (χ4v) is 3.19. The molecule has 11 heteroatoms. The van der Waals surface area contributed by atoms with E-state index in [1.807, 2.05) is 13.8 Å². The smallest absolute Gasteiger partial charge is 0.348 e. The lowest BCUT2D eigenvalue weighted by Gasteiger charge is -2.13. The molecule has 3 N–H and O–H groups in total. The van der Waals surface area contributed by atoms with Crippen molar-refractivity contribution in [3.05, 3.63) is 76.6 Å². The molecule has 1 heterocycles. The average molecular weight is 480 g/mol. The van der Waals surface area contributed by atoms with Gasteiger partial charge in [-0.25, -0.2) is 9.48 Å². The Labute approximate surface area is 192 Å². The van der Waals surface area contributed by atoms with Gasteiger partial charge < -0.3 is 16.0 Å². The largest absolute Gasteiger partial charge is 0.434 e. The topological polar surface area (TPSA) is 88.1 Å². The summed E-state index contributed by atoms with van der Waals surface area (Å²) in [5.41, 5.74) is -0.554. The van der Waals surface area contributed by atoms with Crippen molar-refractivity contribution in [2.24, 2.45) is 0 Å². The van der Waals surface area contributed by atoms with Gasteiger partial charge in [0.05, 0.1) is 17.4 Å². The summed E-state index contributed by atoms with van der Waals surface area (Å²) in [6, 6.07) is 11.9. The van der Waals surface area contributed by atoms with Gasteiger partial charge in [-0.3, -0.25) is 4.79 Å². The average Bonchev–Trinajstić information content (AvgIpc) is 3.18. The Morgan fingerprint density at radius 3 is 2.42 bits per heavy atom. The molecule has 0 radical (unpaired) electrons. The van der Waals surface area contributed by atoms with Crippen LogP contribution in [0.3, 0.4) is 0 Å². The number of halogens is 4. The van der Waals surface area contributed by atoms with Crippen LogP contribution < -0.4 is 16.0 Å². The van der Waals surface area contributed by atoms with Gasteiger partial charge in [0, 0.05) is 23.3 Å². The van der Waals surface area contributed by atoms with Crippen LogP contribution in [0, 0.1) is 0 Å². The first-order valence-corrected chi connectivity index (χ1v) is 10.3. The minimum absolute atomic E-state index is 0.0169. The predicted molar refractivity (Wildman–Crippen MR) is 118 cm³/mol. The van der Waals surface area contributed by atoms with Crippen LogP contribution in [0.1, 0.15) is 35.5 Å². The van der Waals surface area contributed by atoms with E-state index in [-0.39, 0.29) is 29.3 Å². The summed E-state index contributed by atoms with van der Waals surface area (Å²) < 4.78 is 41.9. The monoisotopic (exact) mass is 479 g/mol. The minimum Gasteiger partial charge on any atom is -0.348 e. The highest BCUT2D eigenvalue weighted by atomic mass is 35.5. The Balaban J connectivity index is 1.72. The zero-order chi connectivity index (χ0) is 24.2. The zero-order valence-electron chi connectivity index (χ0n) is 17.7. The fraction of sp³-hybridized carbons (Fsp3) is 0.227. The molecular formula is C22H21ClF3N5O2. The molecule has 0 spiro atoms. The maximum absolute atomic E-state index is 13.8. The van der Waals surface area contributed by atoms with Crippen LogP contribution in [0.5, 0.6) is 0 Å². The van der Waals surface area contributed by atoms with Gasteiger partial charge in [0.15, 0.2) is 5.69 Å². The lowest BCUT2D eigenvalue weighted by Crippen LogP contribution is -2.34. The SMILES string of the molecule is CC(C)NC(=O)Nc1ccc(CNC(=O)c2cnn(-c3cccc(Cl)c3)c2C(F)(F)F)cc1. The molecule has 0 atom stereocenters. The number of rotatable bonds is 6. The minimum atomic E-state index is -4.82. The van der Waals surface area contributed by atoms with Crippen LogP contribution in [-0.2, 0) is 12.7 Å². The summed E-state index contributed by atoms with van der Waals surface area (Å²) in [6.45, 7) is 3.64. The van der Waals surface area contributed by atoms with Gasteiger partial charge in [0.1, 0.15) is 0 Å². The highest BCUT2D eigenvalue weighted by Crippen LogP contribution is 2.34. The number of carbonyl (C=O) groups excluding carboxylic acids is 2. The molecule has 0 aliphatic carbocycles. The second kappa shape index (κ2) is 9.95. The number of urea groups is 1. The van der Waals surface area contributed by atoms with Gasteiger partial charge in [-0.1, -0.05) is 29.8 Å². The Kier molecular flexibility index (Phi) is 7.27. The van der Waals surface area contributed by atoms with Crippen LogP contribution in [0.2, 0.25) is 5.02 Å². The third-order valence-electron chi connectivity index (χ3n) is 4.42. The number of benzene rings is 2. The number of carbonyl (C=O) groups is 2. The fourth-order valence-electron chi connectivity index (χ4n) is 3.00. The first kappa shape index (κ1) is 24.1. The lowest BCUT2D eigenvalue weighted by molar-refractivity contribution is -0.143. The van der Waals surface area contributed by atoms with Gasteiger partial charge >= 0.3 is 12.2 Å².